The Balaban J connectivity index is 2.23. The van der Waals surface area contributed by atoms with Crippen LogP contribution >= 0.6 is 30.8 Å². The highest BCUT2D eigenvalue weighted by molar-refractivity contribution is 7.58. The molecule has 2 aromatic rings. The van der Waals surface area contributed by atoms with Crippen LogP contribution in [0.1, 0.15) is 0 Å². The number of hydrogen-bond donors (Lipinski definition) is 0. The van der Waals surface area contributed by atoms with E-state index >= 15 is 0 Å². The molecule has 0 aromatic heterocycles. The minimum absolute atomic E-state index is 0.240. The molecule has 0 heterocycles. The summed E-state index contributed by atoms with van der Waals surface area (Å²) in [6, 6.07) is 12.4. The van der Waals surface area contributed by atoms with Crippen molar-refractivity contribution in [1.29, 1.82) is 0 Å². The fraction of sp³-hybridized carbons (Fsp3) is 0.176. The second-order valence-corrected chi connectivity index (χ2v) is 13.3. The van der Waals surface area contributed by atoms with E-state index in [4.69, 9.17) is 36.7 Å². The first-order chi connectivity index (χ1) is 12.0. The van der Waals surface area contributed by atoms with Gasteiger partial charge < -0.3 is 13.5 Å². The van der Waals surface area contributed by atoms with E-state index in [2.05, 4.69) is 0 Å². The van der Waals surface area contributed by atoms with Gasteiger partial charge in [-0.25, -0.2) is 4.57 Å². The van der Waals surface area contributed by atoms with Gasteiger partial charge in [0, 0.05) is 10.0 Å². The number of hydrogen-bond acceptors (Lipinski definition) is 5. The Kier molecular flexibility index (Phi) is 6.80. The molecule has 0 fully saturated rings. The summed E-state index contributed by atoms with van der Waals surface area (Å²) in [6.45, 7) is 5.51. The Morgan fingerprint density at radius 2 is 1.27 bits per heavy atom. The van der Waals surface area contributed by atoms with Crippen molar-refractivity contribution in [3.8, 4) is 11.5 Å². The molecule has 0 aliphatic rings. The van der Waals surface area contributed by atoms with Crippen molar-refractivity contribution in [2.75, 3.05) is 0 Å². The quantitative estimate of drug-likeness (QED) is 0.386. The molecule has 0 saturated heterocycles. The van der Waals surface area contributed by atoms with E-state index in [0.29, 0.717) is 10.0 Å². The summed E-state index contributed by atoms with van der Waals surface area (Å²) in [7, 11) is -6.17. The maximum Gasteiger partial charge on any atom is 0.446 e. The van der Waals surface area contributed by atoms with Crippen LogP contribution < -0.4 is 9.05 Å². The molecule has 1 radical (unpaired) electrons. The summed E-state index contributed by atoms with van der Waals surface area (Å²) < 4.78 is 29.4. The lowest BCUT2D eigenvalue weighted by molar-refractivity contribution is -0.130. The first-order valence-corrected chi connectivity index (χ1v) is 13.4. The minimum atomic E-state index is -4.00. The van der Waals surface area contributed by atoms with E-state index in [0.717, 1.165) is 6.16 Å². The van der Waals surface area contributed by atoms with Crippen LogP contribution in [-0.4, -0.2) is 14.3 Å². The zero-order chi connectivity index (χ0) is 19.4. The fourth-order valence-electron chi connectivity index (χ4n) is 1.81. The largest absolute Gasteiger partial charge is 0.519 e. The third-order valence-electron chi connectivity index (χ3n) is 2.76. The zero-order valence-corrected chi connectivity index (χ0v) is 17.8. The second-order valence-electron chi connectivity index (χ2n) is 6.29. The molecular weight excluding hydrogens is 414 g/mol. The maximum atomic E-state index is 13.2. The molecule has 139 valence electrons. The predicted octanol–water partition coefficient (Wildman–Crippen LogP) is 6.18. The van der Waals surface area contributed by atoms with Gasteiger partial charge in [-0.2, -0.15) is 0 Å². The van der Waals surface area contributed by atoms with E-state index in [1.165, 1.54) is 24.3 Å². The smallest absolute Gasteiger partial charge is 0.446 e. The van der Waals surface area contributed by atoms with Crippen LogP contribution in [0.25, 0.3) is 0 Å². The summed E-state index contributed by atoms with van der Waals surface area (Å²) in [4.78, 5) is 12.1. The normalized spacial score (nSPS) is 11.7. The van der Waals surface area contributed by atoms with Gasteiger partial charge in [-0.15, -0.1) is 0 Å². The van der Waals surface area contributed by atoms with E-state index in [1.807, 2.05) is 19.6 Å². The van der Waals surface area contributed by atoms with Crippen molar-refractivity contribution >= 4 is 45.1 Å². The van der Waals surface area contributed by atoms with Crippen LogP contribution in [0.2, 0.25) is 29.7 Å². The molecule has 0 aliphatic heterocycles. The van der Waals surface area contributed by atoms with E-state index < -0.39 is 21.9 Å². The van der Waals surface area contributed by atoms with Crippen LogP contribution in [0.4, 0.5) is 0 Å². The highest BCUT2D eigenvalue weighted by Crippen LogP contribution is 2.51. The minimum Gasteiger partial charge on any atom is -0.519 e. The first kappa shape index (κ1) is 20.8. The number of halogens is 2. The lowest BCUT2D eigenvalue weighted by Crippen LogP contribution is -2.29. The van der Waals surface area contributed by atoms with Crippen molar-refractivity contribution in [2.24, 2.45) is 0 Å². The molecule has 0 unspecified atom stereocenters. The van der Waals surface area contributed by atoms with Crippen LogP contribution in [0.5, 0.6) is 11.5 Å². The Bertz CT molecular complexity index is 752. The average Bonchev–Trinajstić information content (AvgIpc) is 2.50. The van der Waals surface area contributed by atoms with Crippen LogP contribution in [0, 0.1) is 6.16 Å². The molecule has 26 heavy (non-hydrogen) atoms. The summed E-state index contributed by atoms with van der Waals surface area (Å²) in [5, 5.41) is 0.987. The number of carbonyl (C=O) groups excluding carboxylic acids is 1. The van der Waals surface area contributed by atoms with Gasteiger partial charge in [0.2, 0.25) is 14.5 Å². The summed E-state index contributed by atoms with van der Waals surface area (Å²) in [5.74, 6) is -0.275. The van der Waals surface area contributed by atoms with Crippen LogP contribution in [0.15, 0.2) is 48.5 Å². The van der Waals surface area contributed by atoms with Gasteiger partial charge in [0.25, 0.3) is 0 Å². The van der Waals surface area contributed by atoms with Gasteiger partial charge in [-0.1, -0.05) is 23.2 Å². The Hall–Kier alpha value is -1.46. The molecule has 0 N–H and O–H groups in total. The number of carbonyl (C=O) groups is 1. The molecular formula is C17H18Cl2O5PSi. The number of rotatable bonds is 7. The van der Waals surface area contributed by atoms with Gasteiger partial charge in [-0.05, 0) is 68.2 Å². The summed E-state index contributed by atoms with van der Waals surface area (Å²) in [6.07, 6.45) is 0.842. The molecule has 0 aliphatic carbocycles. The Morgan fingerprint density at radius 1 is 0.885 bits per heavy atom. The van der Waals surface area contributed by atoms with Gasteiger partial charge in [0.05, 0.1) is 0 Å². The van der Waals surface area contributed by atoms with Gasteiger partial charge in [-0.3, -0.25) is 4.79 Å². The fourth-order valence-corrected chi connectivity index (χ4v) is 4.11. The monoisotopic (exact) mass is 431 g/mol. The van der Waals surface area contributed by atoms with Crippen molar-refractivity contribution in [2.45, 2.75) is 19.6 Å². The van der Waals surface area contributed by atoms with Crippen molar-refractivity contribution < 1.29 is 22.8 Å². The van der Waals surface area contributed by atoms with E-state index in [-0.39, 0.29) is 11.5 Å². The summed E-state index contributed by atoms with van der Waals surface area (Å²) >= 11 is 11.7. The Morgan fingerprint density at radius 3 is 1.62 bits per heavy atom. The molecule has 0 atom stereocenters. The molecule has 0 bridgehead atoms. The van der Waals surface area contributed by atoms with E-state index in [1.54, 1.807) is 24.3 Å². The number of benzene rings is 2. The van der Waals surface area contributed by atoms with Crippen molar-refractivity contribution in [3.05, 3.63) is 64.7 Å². The third-order valence-corrected chi connectivity index (χ3v) is 5.54. The lowest BCUT2D eigenvalue weighted by Gasteiger charge is -2.22. The molecule has 2 rings (SSSR count). The third kappa shape index (κ3) is 7.04. The SMILES string of the molecule is C[Si](C)(C)OC(=O)[CH]P(=O)(Oc1ccc(Cl)cc1)Oc1ccc(Cl)cc1. The average molecular weight is 432 g/mol. The molecule has 2 aromatic carbocycles. The van der Waals surface area contributed by atoms with Gasteiger partial charge in [0.15, 0.2) is 0 Å². The van der Waals surface area contributed by atoms with Gasteiger partial charge >= 0.3 is 13.6 Å². The molecule has 0 amide bonds. The predicted molar refractivity (Wildman–Crippen MR) is 106 cm³/mol. The maximum absolute atomic E-state index is 13.2. The lowest BCUT2D eigenvalue weighted by atomic mass is 10.3. The highest BCUT2D eigenvalue weighted by Gasteiger charge is 2.35. The second kappa shape index (κ2) is 8.48. The highest BCUT2D eigenvalue weighted by atomic mass is 35.5. The molecule has 0 spiro atoms. The summed E-state index contributed by atoms with van der Waals surface area (Å²) in [5.41, 5.74) is 0. The topological polar surface area (TPSA) is 61.8 Å². The Labute approximate surface area is 163 Å². The van der Waals surface area contributed by atoms with Crippen molar-refractivity contribution in [3.63, 3.8) is 0 Å². The van der Waals surface area contributed by atoms with Crippen LogP contribution in [-0.2, 0) is 13.8 Å². The molecule has 5 nitrogen and oxygen atoms in total. The molecule has 0 saturated carbocycles. The van der Waals surface area contributed by atoms with Gasteiger partial charge in [0.1, 0.15) is 11.5 Å². The van der Waals surface area contributed by atoms with Crippen LogP contribution in [0.3, 0.4) is 0 Å². The standard InChI is InChI=1S/C17H18Cl2O5PSi/c1-26(2,3)24-17(20)12-25(21,22-15-8-4-13(18)5-9-15)23-16-10-6-14(19)7-11-16/h4-12H,1-3H3. The molecule has 9 heteroatoms. The van der Waals surface area contributed by atoms with E-state index in [9.17, 15) is 9.36 Å². The van der Waals surface area contributed by atoms with Crippen molar-refractivity contribution in [1.82, 2.24) is 0 Å². The zero-order valence-electron chi connectivity index (χ0n) is 14.4. The first-order valence-electron chi connectivity index (χ1n) is 7.64.